The lowest BCUT2D eigenvalue weighted by atomic mass is 9.88. The van der Waals surface area contributed by atoms with Gasteiger partial charge in [0.25, 0.3) is 0 Å². The molecule has 0 aromatic heterocycles. The van der Waals surface area contributed by atoms with Crippen LogP contribution < -0.4 is 5.32 Å². The van der Waals surface area contributed by atoms with Crippen LogP contribution in [-0.2, 0) is 21.5 Å². The fraction of sp³-hybridized carbons (Fsp3) is 0.526. The molecule has 1 amide bonds. The maximum Gasteiger partial charge on any atom is 0.413 e. The van der Waals surface area contributed by atoms with Gasteiger partial charge in [0.1, 0.15) is 11.4 Å². The minimum Gasteiger partial charge on any atom is -0.444 e. The van der Waals surface area contributed by atoms with Crippen molar-refractivity contribution in [2.24, 2.45) is 4.99 Å². The smallest absolute Gasteiger partial charge is 0.413 e. The molecule has 0 bridgehead atoms. The van der Waals surface area contributed by atoms with Crippen molar-refractivity contribution >= 4 is 44.7 Å². The molecule has 0 spiro atoms. The Morgan fingerprint density at radius 2 is 2.04 bits per heavy atom. The summed E-state index contributed by atoms with van der Waals surface area (Å²) < 4.78 is 6.23. The third-order valence-electron chi connectivity index (χ3n) is 3.82. The number of nitrogens with one attached hydrogen (secondary N) is 1. The lowest BCUT2D eigenvalue weighted by Gasteiger charge is -2.31. The predicted molar refractivity (Wildman–Crippen MR) is 110 cm³/mol. The number of carbonyl (C=O) groups excluding carboxylic acids is 2. The molecule has 1 aromatic rings. The zero-order chi connectivity index (χ0) is 19.5. The summed E-state index contributed by atoms with van der Waals surface area (Å²) in [5, 5.41) is 3.30. The molecule has 0 aliphatic carbocycles. The Kier molecular flexibility index (Phi) is 6.55. The SMILES string of the molecule is CC(=O)Cc1cc(Br)cc(C2(C)CCSC(NC(=O)OC(C)(C)C)=N2)c1. The standard InChI is InChI=1S/C19H25BrN2O3S/c1-12(23)8-13-9-14(11-15(20)10-13)19(5)6-7-26-16(22-19)21-17(24)25-18(2,3)4/h9-11H,6-8H2,1-5H3,(H,21,22,24). The number of rotatable bonds is 3. The van der Waals surface area contributed by atoms with E-state index >= 15 is 0 Å². The Labute approximate surface area is 167 Å². The zero-order valence-corrected chi connectivity index (χ0v) is 18.2. The van der Waals surface area contributed by atoms with Crippen molar-refractivity contribution in [2.75, 3.05) is 5.75 Å². The number of hydrogen-bond acceptors (Lipinski definition) is 5. The van der Waals surface area contributed by atoms with Gasteiger partial charge in [0.15, 0.2) is 5.17 Å². The summed E-state index contributed by atoms with van der Waals surface area (Å²) in [5.74, 6) is 0.953. The van der Waals surface area contributed by atoms with Crippen LogP contribution in [-0.4, -0.2) is 28.4 Å². The van der Waals surface area contributed by atoms with Gasteiger partial charge in [-0.1, -0.05) is 33.8 Å². The monoisotopic (exact) mass is 440 g/mol. The van der Waals surface area contributed by atoms with Gasteiger partial charge < -0.3 is 4.74 Å². The molecule has 1 N–H and O–H groups in total. The van der Waals surface area contributed by atoms with Crippen molar-refractivity contribution in [3.8, 4) is 0 Å². The fourth-order valence-electron chi connectivity index (χ4n) is 2.67. The lowest BCUT2D eigenvalue weighted by Crippen LogP contribution is -2.38. The Morgan fingerprint density at radius 1 is 1.35 bits per heavy atom. The topological polar surface area (TPSA) is 67.8 Å². The summed E-state index contributed by atoms with van der Waals surface area (Å²) in [5.41, 5.74) is 0.953. The van der Waals surface area contributed by atoms with E-state index in [1.54, 1.807) is 6.92 Å². The maximum absolute atomic E-state index is 12.0. The number of ketones is 1. The van der Waals surface area contributed by atoms with Gasteiger partial charge in [0.05, 0.1) is 5.54 Å². The molecule has 0 radical (unpaired) electrons. The molecular weight excluding hydrogens is 416 g/mol. The van der Waals surface area contributed by atoms with Crippen LogP contribution in [0.5, 0.6) is 0 Å². The number of aliphatic imine (C=N–C) groups is 1. The van der Waals surface area contributed by atoms with Crippen molar-refractivity contribution in [1.29, 1.82) is 0 Å². The van der Waals surface area contributed by atoms with Gasteiger partial charge in [-0.05, 0) is 64.3 Å². The Morgan fingerprint density at radius 3 is 2.65 bits per heavy atom. The first-order chi connectivity index (χ1) is 12.0. The first-order valence-electron chi connectivity index (χ1n) is 8.49. The molecule has 1 aromatic carbocycles. The van der Waals surface area contributed by atoms with Crippen molar-refractivity contribution in [2.45, 2.75) is 58.6 Å². The van der Waals surface area contributed by atoms with Gasteiger partial charge >= 0.3 is 6.09 Å². The molecule has 1 heterocycles. The number of amidine groups is 1. The van der Waals surface area contributed by atoms with Crippen LogP contribution in [0.1, 0.15) is 52.2 Å². The highest BCUT2D eigenvalue weighted by molar-refractivity contribution is 9.10. The summed E-state index contributed by atoms with van der Waals surface area (Å²) in [6.07, 6.45) is 0.733. The van der Waals surface area contributed by atoms with Crippen LogP contribution >= 0.6 is 27.7 Å². The van der Waals surface area contributed by atoms with Crippen molar-refractivity contribution < 1.29 is 14.3 Å². The van der Waals surface area contributed by atoms with Gasteiger partial charge in [-0.25, -0.2) is 4.79 Å². The van der Waals surface area contributed by atoms with E-state index in [0.717, 1.165) is 27.8 Å². The number of alkyl carbamates (subject to hydrolysis) is 1. The van der Waals surface area contributed by atoms with Gasteiger partial charge in [-0.15, -0.1) is 0 Å². The van der Waals surface area contributed by atoms with E-state index in [9.17, 15) is 9.59 Å². The van der Waals surface area contributed by atoms with Crippen molar-refractivity contribution in [1.82, 2.24) is 5.32 Å². The van der Waals surface area contributed by atoms with E-state index in [2.05, 4.69) is 21.2 Å². The molecular formula is C19H25BrN2O3S. The second kappa shape index (κ2) is 8.13. The minimum atomic E-state index is -0.556. The van der Waals surface area contributed by atoms with E-state index in [0.29, 0.717) is 11.6 Å². The molecule has 0 saturated heterocycles. The number of amides is 1. The number of ether oxygens (including phenoxy) is 1. The third kappa shape index (κ3) is 6.13. The molecule has 5 nitrogen and oxygen atoms in total. The van der Waals surface area contributed by atoms with Gasteiger partial charge in [-0.2, -0.15) is 0 Å². The summed E-state index contributed by atoms with van der Waals surface area (Å²) >= 11 is 5.03. The van der Waals surface area contributed by atoms with Crippen LogP contribution in [0.15, 0.2) is 27.7 Å². The molecule has 1 aliphatic rings. The molecule has 0 saturated carbocycles. The Hall–Kier alpha value is -1.34. The molecule has 2 rings (SSSR count). The highest BCUT2D eigenvalue weighted by atomic mass is 79.9. The van der Waals surface area contributed by atoms with E-state index in [-0.39, 0.29) is 5.78 Å². The first-order valence-corrected chi connectivity index (χ1v) is 10.3. The number of nitrogens with zero attached hydrogens (tertiary/aromatic N) is 1. The molecule has 0 fully saturated rings. The number of hydrogen-bond donors (Lipinski definition) is 1. The Balaban J connectivity index is 2.26. The molecule has 7 heteroatoms. The largest absolute Gasteiger partial charge is 0.444 e. The second-order valence-corrected chi connectivity index (χ2v) is 9.64. The maximum atomic E-state index is 12.0. The van der Waals surface area contributed by atoms with E-state index < -0.39 is 17.2 Å². The molecule has 1 aliphatic heterocycles. The molecule has 1 unspecified atom stereocenters. The predicted octanol–water partition coefficient (Wildman–Crippen LogP) is 4.81. The summed E-state index contributed by atoms with van der Waals surface area (Å²) in [6, 6.07) is 6.00. The van der Waals surface area contributed by atoms with Crippen LogP contribution in [0, 0.1) is 0 Å². The molecule has 142 valence electrons. The normalized spacial score (nSPS) is 20.3. The van der Waals surface area contributed by atoms with Crippen molar-refractivity contribution in [3.63, 3.8) is 0 Å². The number of benzene rings is 1. The number of thioether (sulfide) groups is 1. The fourth-order valence-corrected chi connectivity index (χ4v) is 4.33. The summed E-state index contributed by atoms with van der Waals surface area (Å²) in [6.45, 7) is 9.10. The van der Waals surface area contributed by atoms with Gasteiger partial charge in [0.2, 0.25) is 0 Å². The average molecular weight is 441 g/mol. The van der Waals surface area contributed by atoms with Gasteiger partial charge in [-0.3, -0.25) is 15.1 Å². The first kappa shape index (κ1) is 21.0. The lowest BCUT2D eigenvalue weighted by molar-refractivity contribution is -0.116. The van der Waals surface area contributed by atoms with Crippen LogP contribution in [0.3, 0.4) is 0 Å². The van der Waals surface area contributed by atoms with Gasteiger partial charge in [0, 0.05) is 16.6 Å². The quantitative estimate of drug-likeness (QED) is 0.731. The van der Waals surface area contributed by atoms with Crippen molar-refractivity contribution in [3.05, 3.63) is 33.8 Å². The van der Waals surface area contributed by atoms with E-state index in [1.807, 2.05) is 45.9 Å². The van der Waals surface area contributed by atoms with Crippen LogP contribution in [0.4, 0.5) is 4.79 Å². The highest BCUT2D eigenvalue weighted by Crippen LogP contribution is 2.37. The summed E-state index contributed by atoms with van der Waals surface area (Å²) in [4.78, 5) is 28.3. The van der Waals surface area contributed by atoms with Crippen LogP contribution in [0.25, 0.3) is 0 Å². The minimum absolute atomic E-state index is 0.120. The number of carbonyl (C=O) groups is 2. The number of Topliss-reactive ketones (excluding diaryl/α,β-unsaturated/α-hetero) is 1. The van der Waals surface area contributed by atoms with E-state index in [4.69, 9.17) is 9.73 Å². The third-order valence-corrected chi connectivity index (χ3v) is 5.15. The average Bonchev–Trinajstić information content (AvgIpc) is 2.43. The zero-order valence-electron chi connectivity index (χ0n) is 15.8. The highest BCUT2D eigenvalue weighted by Gasteiger charge is 2.31. The van der Waals surface area contributed by atoms with E-state index in [1.165, 1.54) is 11.8 Å². The van der Waals surface area contributed by atoms with Crippen LogP contribution in [0.2, 0.25) is 0 Å². The molecule has 26 heavy (non-hydrogen) atoms. The number of halogens is 1. The Bertz CT molecular complexity index is 743. The second-order valence-electron chi connectivity index (χ2n) is 7.64. The summed E-state index contributed by atoms with van der Waals surface area (Å²) in [7, 11) is 0. The molecule has 1 atom stereocenters.